The third kappa shape index (κ3) is 3.19. The first kappa shape index (κ1) is 19.4. The Morgan fingerprint density at radius 2 is 1.68 bits per heavy atom. The zero-order chi connectivity index (χ0) is 21.7. The fourth-order valence-electron chi connectivity index (χ4n) is 4.67. The minimum absolute atomic E-state index is 0.0252. The van der Waals surface area contributed by atoms with Crippen molar-refractivity contribution in [3.05, 3.63) is 75.7 Å². The maximum Gasteiger partial charge on any atom is 0.270 e. The maximum absolute atomic E-state index is 13.4. The fourth-order valence-corrected chi connectivity index (χ4v) is 4.67. The van der Waals surface area contributed by atoms with Crippen LogP contribution in [-0.4, -0.2) is 46.5 Å². The van der Waals surface area contributed by atoms with E-state index in [1.165, 1.54) is 16.8 Å². The fraction of sp³-hybridized carbons (Fsp3) is 0.280. The van der Waals surface area contributed by atoms with Crippen LogP contribution in [0.2, 0.25) is 0 Å². The highest BCUT2D eigenvalue weighted by Gasteiger charge is 2.26. The van der Waals surface area contributed by atoms with E-state index in [0.717, 1.165) is 29.5 Å². The lowest BCUT2D eigenvalue weighted by Gasteiger charge is -2.37. The Bertz CT molecular complexity index is 1370. The third-order valence-corrected chi connectivity index (χ3v) is 6.40. The van der Waals surface area contributed by atoms with Crippen molar-refractivity contribution in [3.63, 3.8) is 0 Å². The number of benzene rings is 2. The molecule has 0 spiro atoms. The second-order valence-electron chi connectivity index (χ2n) is 8.42. The van der Waals surface area contributed by atoms with Crippen molar-refractivity contribution in [3.8, 4) is 0 Å². The van der Waals surface area contributed by atoms with Gasteiger partial charge < -0.3 is 19.4 Å². The van der Waals surface area contributed by atoms with Crippen molar-refractivity contribution in [2.45, 2.75) is 13.8 Å². The normalized spacial score (nSPS) is 14.5. The Kier molecular flexibility index (Phi) is 4.58. The van der Waals surface area contributed by atoms with Gasteiger partial charge in [-0.25, -0.2) is 0 Å². The number of hydrogen-bond acceptors (Lipinski definition) is 3. The summed E-state index contributed by atoms with van der Waals surface area (Å²) in [5.41, 5.74) is 5.71. The molecule has 1 fully saturated rings. The molecule has 5 rings (SSSR count). The topological polar surface area (TPSA) is 61.3 Å². The van der Waals surface area contributed by atoms with E-state index < -0.39 is 0 Å². The van der Waals surface area contributed by atoms with Gasteiger partial charge in [0.25, 0.3) is 11.5 Å². The number of anilines is 1. The summed E-state index contributed by atoms with van der Waals surface area (Å²) >= 11 is 0. The molecule has 6 nitrogen and oxygen atoms in total. The molecule has 6 heteroatoms. The number of amides is 1. The molecule has 3 heterocycles. The van der Waals surface area contributed by atoms with E-state index in [-0.39, 0.29) is 11.5 Å². The van der Waals surface area contributed by atoms with Crippen molar-refractivity contribution < 1.29 is 4.79 Å². The Hall–Kier alpha value is -3.54. The second kappa shape index (κ2) is 7.30. The van der Waals surface area contributed by atoms with Crippen molar-refractivity contribution >= 4 is 33.4 Å². The summed E-state index contributed by atoms with van der Waals surface area (Å²) in [5.74, 6) is -0.0252. The molecule has 2 aromatic heterocycles. The van der Waals surface area contributed by atoms with Crippen LogP contribution in [0.4, 0.5) is 5.69 Å². The quantitative estimate of drug-likeness (QED) is 0.545. The Balaban J connectivity index is 1.44. The molecular formula is C25H26N4O2. The van der Waals surface area contributed by atoms with E-state index in [4.69, 9.17) is 0 Å². The van der Waals surface area contributed by atoms with Crippen molar-refractivity contribution in [1.82, 2.24) is 14.5 Å². The minimum atomic E-state index is -0.164. The zero-order valence-corrected chi connectivity index (χ0v) is 18.1. The lowest BCUT2D eigenvalue weighted by Crippen LogP contribution is -2.49. The SMILES string of the molecule is Cc1ccc(C)c(N2CCN(C(=O)c3cc4c(=O)[nH]c5ccccc5c4n3C)CC2)c1. The van der Waals surface area contributed by atoms with Gasteiger partial charge >= 0.3 is 0 Å². The highest BCUT2D eigenvalue weighted by Crippen LogP contribution is 2.26. The highest BCUT2D eigenvalue weighted by molar-refractivity contribution is 6.07. The molecule has 0 unspecified atom stereocenters. The van der Waals surface area contributed by atoms with E-state index >= 15 is 0 Å². The number of para-hydroxylation sites is 1. The van der Waals surface area contributed by atoms with Crippen molar-refractivity contribution in [1.29, 1.82) is 0 Å². The molecular weight excluding hydrogens is 388 g/mol. The summed E-state index contributed by atoms with van der Waals surface area (Å²) in [5, 5.41) is 1.50. The lowest BCUT2D eigenvalue weighted by atomic mass is 10.1. The molecule has 1 N–H and O–H groups in total. The van der Waals surface area contributed by atoms with Gasteiger partial charge in [-0.05, 0) is 43.2 Å². The number of pyridine rings is 1. The number of aromatic amines is 1. The number of carbonyl (C=O) groups is 1. The van der Waals surface area contributed by atoms with E-state index in [1.807, 2.05) is 40.8 Å². The summed E-state index contributed by atoms with van der Waals surface area (Å²) in [6.07, 6.45) is 0. The largest absolute Gasteiger partial charge is 0.368 e. The summed E-state index contributed by atoms with van der Waals surface area (Å²) in [6.45, 7) is 7.14. The smallest absolute Gasteiger partial charge is 0.270 e. The maximum atomic E-state index is 13.4. The second-order valence-corrected chi connectivity index (χ2v) is 8.42. The first-order valence-corrected chi connectivity index (χ1v) is 10.7. The number of aromatic nitrogens is 2. The van der Waals surface area contributed by atoms with Crippen LogP contribution >= 0.6 is 0 Å². The van der Waals surface area contributed by atoms with Gasteiger partial charge in [0.1, 0.15) is 5.69 Å². The molecule has 1 saturated heterocycles. The minimum Gasteiger partial charge on any atom is -0.368 e. The molecule has 4 aromatic rings. The number of aryl methyl sites for hydroxylation is 3. The summed E-state index contributed by atoms with van der Waals surface area (Å²) < 4.78 is 1.87. The predicted molar refractivity (Wildman–Crippen MR) is 125 cm³/mol. The third-order valence-electron chi connectivity index (χ3n) is 6.40. The number of carbonyl (C=O) groups excluding carboxylic acids is 1. The molecule has 0 bridgehead atoms. The van der Waals surface area contributed by atoms with Crippen molar-refractivity contribution in [2.24, 2.45) is 7.05 Å². The standard InChI is InChI=1S/C25H26N4O2/c1-16-8-9-17(2)21(14-16)28-10-12-29(13-11-28)25(31)22-15-19-23(27(22)3)18-6-4-5-7-20(18)26-24(19)30/h4-9,14-15H,10-13H2,1-3H3,(H,26,30). The molecule has 0 saturated carbocycles. The Labute approximate surface area is 180 Å². The van der Waals surface area contributed by atoms with Crippen molar-refractivity contribution in [2.75, 3.05) is 31.1 Å². The van der Waals surface area contributed by atoms with Gasteiger partial charge in [0.2, 0.25) is 0 Å². The number of nitrogens with one attached hydrogen (secondary N) is 1. The molecule has 1 aliphatic rings. The van der Waals surface area contributed by atoms with E-state index in [9.17, 15) is 9.59 Å². The van der Waals surface area contributed by atoms with Crippen LogP contribution in [0.15, 0.2) is 53.3 Å². The van der Waals surface area contributed by atoms with Gasteiger partial charge in [-0.2, -0.15) is 0 Å². The highest BCUT2D eigenvalue weighted by atomic mass is 16.2. The number of hydrogen-bond donors (Lipinski definition) is 1. The Morgan fingerprint density at radius 1 is 0.935 bits per heavy atom. The summed E-state index contributed by atoms with van der Waals surface area (Å²) in [4.78, 5) is 33.2. The average Bonchev–Trinajstić information content (AvgIpc) is 3.13. The molecule has 158 valence electrons. The van der Waals surface area contributed by atoms with Gasteiger partial charge in [0.15, 0.2) is 0 Å². The van der Waals surface area contributed by atoms with E-state index in [0.29, 0.717) is 24.2 Å². The van der Waals surface area contributed by atoms with Crippen LogP contribution in [0.3, 0.4) is 0 Å². The molecule has 0 radical (unpaired) electrons. The van der Waals surface area contributed by atoms with Crippen LogP contribution in [0, 0.1) is 13.8 Å². The van der Waals surface area contributed by atoms with Gasteiger partial charge in [-0.15, -0.1) is 0 Å². The number of fused-ring (bicyclic) bond motifs is 3. The van der Waals surface area contributed by atoms with Crippen LogP contribution in [0.1, 0.15) is 21.6 Å². The van der Waals surface area contributed by atoms with Gasteiger partial charge in [-0.1, -0.05) is 30.3 Å². The summed E-state index contributed by atoms with van der Waals surface area (Å²) in [6, 6.07) is 15.9. The Morgan fingerprint density at radius 3 is 2.45 bits per heavy atom. The summed E-state index contributed by atoms with van der Waals surface area (Å²) in [7, 11) is 1.87. The van der Waals surface area contributed by atoms with Gasteiger partial charge in [0, 0.05) is 44.3 Å². The molecule has 2 aromatic carbocycles. The lowest BCUT2D eigenvalue weighted by molar-refractivity contribution is 0.0737. The monoisotopic (exact) mass is 414 g/mol. The number of nitrogens with zero attached hydrogens (tertiary/aromatic N) is 3. The number of rotatable bonds is 2. The van der Waals surface area contributed by atoms with E-state index in [2.05, 4.69) is 41.9 Å². The van der Waals surface area contributed by atoms with Crippen LogP contribution in [-0.2, 0) is 7.05 Å². The first-order valence-electron chi connectivity index (χ1n) is 10.7. The molecule has 0 atom stereocenters. The van der Waals surface area contributed by atoms with Gasteiger partial charge in [0.05, 0.1) is 16.4 Å². The predicted octanol–water partition coefficient (Wildman–Crippen LogP) is 3.60. The molecule has 31 heavy (non-hydrogen) atoms. The zero-order valence-electron chi connectivity index (χ0n) is 18.1. The van der Waals surface area contributed by atoms with Gasteiger partial charge in [-0.3, -0.25) is 9.59 Å². The van der Waals surface area contributed by atoms with E-state index in [1.54, 1.807) is 6.07 Å². The van der Waals surface area contributed by atoms with Crippen LogP contribution < -0.4 is 10.5 Å². The van der Waals surface area contributed by atoms with Crippen LogP contribution in [0.25, 0.3) is 21.8 Å². The van der Waals surface area contributed by atoms with Crippen LogP contribution in [0.5, 0.6) is 0 Å². The molecule has 1 amide bonds. The average molecular weight is 415 g/mol. The molecule has 1 aliphatic heterocycles. The number of piperazine rings is 1. The molecule has 0 aliphatic carbocycles. The first-order chi connectivity index (χ1) is 14.9. The number of H-pyrrole nitrogens is 1.